The van der Waals surface area contributed by atoms with Gasteiger partial charge in [-0.15, -0.1) is 11.3 Å². The summed E-state index contributed by atoms with van der Waals surface area (Å²) in [6.07, 6.45) is 2.33. The molecule has 0 saturated carbocycles. The van der Waals surface area contributed by atoms with Crippen LogP contribution in [0.5, 0.6) is 0 Å². The largest absolute Gasteiger partial charge is 0.480 e. The van der Waals surface area contributed by atoms with Crippen LogP contribution in [-0.4, -0.2) is 33.0 Å². The summed E-state index contributed by atoms with van der Waals surface area (Å²) in [7, 11) is 0. The number of aromatic nitrogens is 2. The van der Waals surface area contributed by atoms with E-state index in [0.29, 0.717) is 29.7 Å². The standard InChI is InChI=1S/C29H29FN4O3S/c1-4-20-14-22(30)12-18(3)27(20)28(35)34-23(29(36)37)13-19-5-7-21(8-6-19)24-16-38-26(33-24)15-32-25-11-17(2)9-10-31-25/h5-12,14,16,23H,4,13,15H2,1-3H3,(H,31,32)(H,34,35)(H,36,37). The maximum absolute atomic E-state index is 13.8. The fourth-order valence-corrected chi connectivity index (χ4v) is 4.96. The molecule has 7 nitrogen and oxygen atoms in total. The SMILES string of the molecule is CCc1cc(F)cc(C)c1C(=O)NC(Cc1ccc(-c2csc(CNc3cc(C)ccn3)n2)cc1)C(=O)O. The van der Waals surface area contributed by atoms with Gasteiger partial charge in [0.15, 0.2) is 0 Å². The molecule has 3 N–H and O–H groups in total. The molecule has 1 atom stereocenters. The highest BCUT2D eigenvalue weighted by Crippen LogP contribution is 2.24. The number of halogens is 1. The van der Waals surface area contributed by atoms with E-state index < -0.39 is 23.7 Å². The number of nitrogens with zero attached hydrogens (tertiary/aromatic N) is 2. The van der Waals surface area contributed by atoms with Crippen molar-refractivity contribution in [3.05, 3.63) is 98.7 Å². The number of carbonyl (C=O) groups is 2. The fraction of sp³-hybridized carbons (Fsp3) is 0.241. The van der Waals surface area contributed by atoms with Crippen LogP contribution in [0.25, 0.3) is 11.3 Å². The molecule has 2 heterocycles. The van der Waals surface area contributed by atoms with E-state index in [1.165, 1.54) is 12.1 Å². The first kappa shape index (κ1) is 26.9. The Morgan fingerprint density at radius 2 is 1.87 bits per heavy atom. The van der Waals surface area contributed by atoms with Crippen LogP contribution in [0, 0.1) is 19.7 Å². The summed E-state index contributed by atoms with van der Waals surface area (Å²) in [5, 5.41) is 18.5. The molecule has 4 rings (SSSR count). The van der Waals surface area contributed by atoms with E-state index in [1.807, 2.05) is 55.6 Å². The molecule has 0 fully saturated rings. The second kappa shape index (κ2) is 12.0. The number of hydrogen-bond acceptors (Lipinski definition) is 6. The average molecular weight is 533 g/mol. The van der Waals surface area contributed by atoms with Crippen LogP contribution >= 0.6 is 11.3 Å². The molecule has 0 bridgehead atoms. The topological polar surface area (TPSA) is 104 Å². The number of carboxylic acids is 1. The van der Waals surface area contributed by atoms with Crippen molar-refractivity contribution in [1.29, 1.82) is 0 Å². The highest BCUT2D eigenvalue weighted by Gasteiger charge is 2.24. The van der Waals surface area contributed by atoms with Crippen molar-refractivity contribution >= 4 is 29.0 Å². The van der Waals surface area contributed by atoms with E-state index in [2.05, 4.69) is 15.6 Å². The molecule has 0 saturated heterocycles. The molecule has 2 aromatic carbocycles. The van der Waals surface area contributed by atoms with Crippen molar-refractivity contribution in [2.75, 3.05) is 5.32 Å². The van der Waals surface area contributed by atoms with E-state index in [9.17, 15) is 19.1 Å². The molecule has 0 aliphatic heterocycles. The molecule has 0 aliphatic rings. The Morgan fingerprint density at radius 3 is 2.55 bits per heavy atom. The van der Waals surface area contributed by atoms with E-state index >= 15 is 0 Å². The van der Waals surface area contributed by atoms with Gasteiger partial charge in [-0.25, -0.2) is 19.2 Å². The van der Waals surface area contributed by atoms with Gasteiger partial charge in [-0.2, -0.15) is 0 Å². The average Bonchev–Trinajstić information content (AvgIpc) is 3.36. The zero-order valence-electron chi connectivity index (χ0n) is 21.4. The molecule has 4 aromatic rings. The second-order valence-corrected chi connectivity index (χ2v) is 10.0. The quantitative estimate of drug-likeness (QED) is 0.247. The Bertz CT molecular complexity index is 1450. The van der Waals surface area contributed by atoms with Crippen molar-refractivity contribution in [3.63, 3.8) is 0 Å². The number of carbonyl (C=O) groups excluding carboxylic acids is 1. The number of aliphatic carboxylic acids is 1. The van der Waals surface area contributed by atoms with Crippen LogP contribution in [0.4, 0.5) is 10.2 Å². The monoisotopic (exact) mass is 532 g/mol. The molecule has 0 radical (unpaired) electrons. The molecule has 0 spiro atoms. The van der Waals surface area contributed by atoms with Crippen LogP contribution in [-0.2, 0) is 24.2 Å². The number of hydrogen-bond donors (Lipinski definition) is 3. The van der Waals surface area contributed by atoms with Gasteiger partial charge in [0.25, 0.3) is 5.91 Å². The van der Waals surface area contributed by atoms with Gasteiger partial charge in [0, 0.05) is 29.1 Å². The van der Waals surface area contributed by atoms with Gasteiger partial charge >= 0.3 is 5.97 Å². The zero-order valence-corrected chi connectivity index (χ0v) is 22.2. The van der Waals surface area contributed by atoms with Gasteiger partial charge in [-0.05, 0) is 66.8 Å². The lowest BCUT2D eigenvalue weighted by Gasteiger charge is -2.17. The third kappa shape index (κ3) is 6.60. The second-order valence-electron chi connectivity index (χ2n) is 9.07. The summed E-state index contributed by atoms with van der Waals surface area (Å²) in [4.78, 5) is 33.9. The van der Waals surface area contributed by atoms with Crippen molar-refractivity contribution in [2.45, 2.75) is 46.2 Å². The van der Waals surface area contributed by atoms with Gasteiger partial charge in [0.05, 0.1) is 12.2 Å². The number of carboxylic acid groups (broad SMARTS) is 1. The van der Waals surface area contributed by atoms with Crippen LogP contribution in [0.15, 0.2) is 60.1 Å². The van der Waals surface area contributed by atoms with E-state index in [4.69, 9.17) is 4.98 Å². The normalized spacial score (nSPS) is 11.7. The number of anilines is 1. The van der Waals surface area contributed by atoms with Crippen molar-refractivity contribution in [2.24, 2.45) is 0 Å². The molecule has 9 heteroatoms. The minimum absolute atomic E-state index is 0.110. The summed E-state index contributed by atoms with van der Waals surface area (Å²) in [6, 6.07) is 12.8. The number of benzene rings is 2. The number of aryl methyl sites for hydroxylation is 3. The predicted molar refractivity (Wildman–Crippen MR) is 147 cm³/mol. The van der Waals surface area contributed by atoms with Gasteiger partial charge in [0.1, 0.15) is 22.7 Å². The molecule has 1 amide bonds. The van der Waals surface area contributed by atoms with Crippen LogP contribution in [0.1, 0.15) is 44.5 Å². The summed E-state index contributed by atoms with van der Waals surface area (Å²) < 4.78 is 13.8. The lowest BCUT2D eigenvalue weighted by molar-refractivity contribution is -0.139. The number of rotatable bonds is 10. The van der Waals surface area contributed by atoms with Gasteiger partial charge < -0.3 is 15.7 Å². The Kier molecular flexibility index (Phi) is 8.48. The number of pyridine rings is 1. The number of amides is 1. The zero-order chi connectivity index (χ0) is 27.2. The Labute approximate surface area is 224 Å². The number of thiazole rings is 1. The lowest BCUT2D eigenvalue weighted by Crippen LogP contribution is -2.42. The summed E-state index contributed by atoms with van der Waals surface area (Å²) in [6.45, 7) is 6.04. The smallest absolute Gasteiger partial charge is 0.326 e. The van der Waals surface area contributed by atoms with Gasteiger partial charge in [0.2, 0.25) is 0 Å². The predicted octanol–water partition coefficient (Wildman–Crippen LogP) is 5.56. The minimum Gasteiger partial charge on any atom is -0.480 e. The summed E-state index contributed by atoms with van der Waals surface area (Å²) in [5.74, 6) is -1.28. The lowest BCUT2D eigenvalue weighted by atomic mass is 9.98. The van der Waals surface area contributed by atoms with E-state index in [1.54, 1.807) is 24.5 Å². The van der Waals surface area contributed by atoms with Gasteiger partial charge in [-0.1, -0.05) is 31.2 Å². The highest BCUT2D eigenvalue weighted by molar-refractivity contribution is 7.10. The molecule has 0 aliphatic carbocycles. The fourth-order valence-electron chi connectivity index (χ4n) is 4.22. The molecule has 2 aromatic heterocycles. The first-order valence-electron chi connectivity index (χ1n) is 12.3. The highest BCUT2D eigenvalue weighted by atomic mass is 32.1. The number of nitrogens with one attached hydrogen (secondary N) is 2. The third-order valence-corrected chi connectivity index (χ3v) is 7.02. The molecule has 38 heavy (non-hydrogen) atoms. The maximum Gasteiger partial charge on any atom is 0.326 e. The molecule has 196 valence electrons. The maximum atomic E-state index is 13.8. The van der Waals surface area contributed by atoms with Crippen molar-refractivity contribution in [1.82, 2.24) is 15.3 Å². The van der Waals surface area contributed by atoms with E-state index in [0.717, 1.165) is 33.2 Å². The Hall–Kier alpha value is -4.11. The minimum atomic E-state index is -1.14. The van der Waals surface area contributed by atoms with Crippen LogP contribution in [0.2, 0.25) is 0 Å². The summed E-state index contributed by atoms with van der Waals surface area (Å²) in [5.41, 5.74) is 4.97. The van der Waals surface area contributed by atoms with Crippen LogP contribution < -0.4 is 10.6 Å². The molecular formula is C29H29FN4O3S. The van der Waals surface area contributed by atoms with Crippen molar-refractivity contribution < 1.29 is 19.1 Å². The van der Waals surface area contributed by atoms with Crippen molar-refractivity contribution in [3.8, 4) is 11.3 Å². The Balaban J connectivity index is 1.41. The third-order valence-electron chi connectivity index (χ3n) is 6.17. The van der Waals surface area contributed by atoms with Crippen LogP contribution in [0.3, 0.4) is 0 Å². The Morgan fingerprint density at radius 1 is 1.11 bits per heavy atom. The molecular weight excluding hydrogens is 503 g/mol. The first-order valence-corrected chi connectivity index (χ1v) is 13.1. The molecule has 1 unspecified atom stereocenters. The van der Waals surface area contributed by atoms with Gasteiger partial charge in [-0.3, -0.25) is 4.79 Å². The summed E-state index contributed by atoms with van der Waals surface area (Å²) >= 11 is 1.55. The first-order chi connectivity index (χ1) is 18.2. The van der Waals surface area contributed by atoms with E-state index in [-0.39, 0.29) is 6.42 Å².